The van der Waals surface area contributed by atoms with Crippen LogP contribution in [0.15, 0.2) is 29.0 Å². The lowest BCUT2D eigenvalue weighted by Gasteiger charge is -2.23. The van der Waals surface area contributed by atoms with E-state index in [0.717, 1.165) is 44.1 Å². The molecule has 0 aliphatic carbocycles. The quantitative estimate of drug-likeness (QED) is 0.737. The summed E-state index contributed by atoms with van der Waals surface area (Å²) < 4.78 is 2.05. The van der Waals surface area contributed by atoms with Gasteiger partial charge in [-0.05, 0) is 37.6 Å². The van der Waals surface area contributed by atoms with Crippen molar-refractivity contribution in [1.29, 1.82) is 0 Å². The van der Waals surface area contributed by atoms with E-state index in [1.54, 1.807) is 17.7 Å². The molecule has 2 aromatic heterocycles. The molecular formula is C17H24N4OS2. The lowest BCUT2D eigenvalue weighted by Crippen LogP contribution is -2.37. The number of rotatable bonds is 6. The molecule has 0 bridgehead atoms. The molecule has 1 saturated heterocycles. The smallest absolute Gasteiger partial charge is 0.235 e. The fourth-order valence-electron chi connectivity index (χ4n) is 2.93. The number of aromatic nitrogens is 3. The van der Waals surface area contributed by atoms with Gasteiger partial charge in [0.2, 0.25) is 5.91 Å². The van der Waals surface area contributed by atoms with Gasteiger partial charge >= 0.3 is 0 Å². The molecule has 0 aromatic carbocycles. The number of hydrogen-bond acceptors (Lipinski definition) is 5. The van der Waals surface area contributed by atoms with Crippen LogP contribution < -0.4 is 0 Å². The van der Waals surface area contributed by atoms with E-state index in [0.29, 0.717) is 0 Å². The minimum absolute atomic E-state index is 0.118. The van der Waals surface area contributed by atoms with Gasteiger partial charge in [-0.1, -0.05) is 30.7 Å². The van der Waals surface area contributed by atoms with Gasteiger partial charge < -0.3 is 9.47 Å². The summed E-state index contributed by atoms with van der Waals surface area (Å²) in [5.74, 6) is 0.231. The maximum Gasteiger partial charge on any atom is 0.235 e. The van der Waals surface area contributed by atoms with Crippen LogP contribution in [0.2, 0.25) is 0 Å². The van der Waals surface area contributed by atoms with Crippen LogP contribution in [-0.4, -0.2) is 43.9 Å². The van der Waals surface area contributed by atoms with Crippen molar-refractivity contribution < 1.29 is 4.79 Å². The number of likely N-dealkylation sites (tertiary alicyclic amines) is 1. The van der Waals surface area contributed by atoms with Gasteiger partial charge in [-0.25, -0.2) is 0 Å². The number of hydrogen-bond donors (Lipinski definition) is 0. The Labute approximate surface area is 151 Å². The van der Waals surface area contributed by atoms with Crippen LogP contribution in [0, 0.1) is 0 Å². The van der Waals surface area contributed by atoms with Crippen LogP contribution >= 0.6 is 23.1 Å². The second-order valence-electron chi connectivity index (χ2n) is 6.14. The molecule has 1 amide bonds. The van der Waals surface area contributed by atoms with Crippen LogP contribution in [0.1, 0.15) is 37.5 Å². The molecule has 1 fully saturated rings. The first kappa shape index (κ1) is 17.5. The number of carbonyl (C=O) groups is 1. The predicted molar refractivity (Wildman–Crippen MR) is 98.4 cm³/mol. The second-order valence-corrected chi connectivity index (χ2v) is 8.48. The highest BCUT2D eigenvalue weighted by Gasteiger charge is 2.23. The monoisotopic (exact) mass is 364 g/mol. The highest BCUT2D eigenvalue weighted by atomic mass is 32.2. The molecule has 1 unspecified atom stereocenters. The van der Waals surface area contributed by atoms with Gasteiger partial charge in [-0.2, -0.15) is 0 Å². The van der Waals surface area contributed by atoms with E-state index < -0.39 is 0 Å². The number of amides is 1. The van der Waals surface area contributed by atoms with Gasteiger partial charge in [0.15, 0.2) is 5.16 Å². The fourth-order valence-corrected chi connectivity index (χ4v) is 4.56. The van der Waals surface area contributed by atoms with Crippen molar-refractivity contribution in [1.82, 2.24) is 19.7 Å². The molecule has 5 nitrogen and oxygen atoms in total. The van der Waals surface area contributed by atoms with E-state index >= 15 is 0 Å². The molecule has 1 atom stereocenters. The fraction of sp³-hybridized carbons (Fsp3) is 0.588. The lowest BCUT2D eigenvalue weighted by molar-refractivity contribution is -0.130. The van der Waals surface area contributed by atoms with Crippen molar-refractivity contribution in [3.05, 3.63) is 28.7 Å². The van der Waals surface area contributed by atoms with Gasteiger partial charge in [-0.15, -0.1) is 21.5 Å². The maximum atomic E-state index is 12.7. The molecule has 7 heteroatoms. The lowest BCUT2D eigenvalue weighted by atomic mass is 10.2. The molecule has 3 rings (SSSR count). The Hall–Kier alpha value is -1.34. The zero-order valence-corrected chi connectivity index (χ0v) is 15.7. The van der Waals surface area contributed by atoms with Crippen molar-refractivity contribution in [2.75, 3.05) is 13.1 Å². The largest absolute Gasteiger partial charge is 0.342 e. The van der Waals surface area contributed by atoms with E-state index in [2.05, 4.69) is 32.3 Å². The number of carbonyl (C=O) groups excluding carboxylic acids is 1. The van der Waals surface area contributed by atoms with Crippen LogP contribution in [0.5, 0.6) is 0 Å². The van der Waals surface area contributed by atoms with Gasteiger partial charge in [0.1, 0.15) is 6.33 Å². The van der Waals surface area contributed by atoms with Crippen LogP contribution in [0.4, 0.5) is 0 Å². The Morgan fingerprint density at radius 3 is 2.83 bits per heavy atom. The summed E-state index contributed by atoms with van der Waals surface area (Å²) in [6, 6.07) is 4.22. The van der Waals surface area contributed by atoms with Crippen molar-refractivity contribution in [3.63, 3.8) is 0 Å². The Balaban J connectivity index is 1.56. The maximum absolute atomic E-state index is 12.7. The Morgan fingerprint density at radius 2 is 2.12 bits per heavy atom. The molecule has 1 aliphatic rings. The van der Waals surface area contributed by atoms with Gasteiger partial charge in [0.05, 0.1) is 5.25 Å². The highest BCUT2D eigenvalue weighted by Crippen LogP contribution is 2.24. The Bertz CT molecular complexity index is 633. The third kappa shape index (κ3) is 4.60. The molecule has 0 spiro atoms. The molecular weight excluding hydrogens is 340 g/mol. The summed E-state index contributed by atoms with van der Waals surface area (Å²) in [4.78, 5) is 16.1. The summed E-state index contributed by atoms with van der Waals surface area (Å²) in [5.41, 5.74) is 0. The van der Waals surface area contributed by atoms with E-state index in [9.17, 15) is 4.79 Å². The molecule has 1 aliphatic heterocycles. The van der Waals surface area contributed by atoms with Gasteiger partial charge in [-0.3, -0.25) is 4.79 Å². The average Bonchev–Trinajstić information content (AvgIpc) is 3.18. The average molecular weight is 365 g/mol. The Kier molecular flexibility index (Phi) is 6.31. The molecule has 24 heavy (non-hydrogen) atoms. The standard InChI is InChI=1S/C17H24N4OS2/c1-14(16(22)20-9-4-2-3-5-10-20)24-17-19-18-13-21(17)11-8-15-7-6-12-23-15/h6-7,12-14H,2-5,8-11H2,1H3. The highest BCUT2D eigenvalue weighted by molar-refractivity contribution is 8.00. The van der Waals surface area contributed by atoms with Crippen molar-refractivity contribution in [2.24, 2.45) is 0 Å². The number of aryl methyl sites for hydroxylation is 2. The second kappa shape index (κ2) is 8.67. The summed E-state index contributed by atoms with van der Waals surface area (Å²) in [6.07, 6.45) is 7.46. The van der Waals surface area contributed by atoms with E-state index in [-0.39, 0.29) is 11.2 Å². The normalized spacial score (nSPS) is 16.8. The topological polar surface area (TPSA) is 51.0 Å². The van der Waals surface area contributed by atoms with Gasteiger partial charge in [0, 0.05) is 24.5 Å². The first-order valence-electron chi connectivity index (χ1n) is 8.59. The van der Waals surface area contributed by atoms with E-state index in [1.165, 1.54) is 29.5 Å². The summed E-state index contributed by atoms with van der Waals surface area (Å²) in [5, 5.41) is 11.1. The van der Waals surface area contributed by atoms with E-state index in [1.807, 2.05) is 11.8 Å². The molecule has 0 N–H and O–H groups in total. The minimum Gasteiger partial charge on any atom is -0.342 e. The van der Waals surface area contributed by atoms with Crippen LogP contribution in [0.3, 0.4) is 0 Å². The first-order valence-corrected chi connectivity index (χ1v) is 10.4. The summed E-state index contributed by atoms with van der Waals surface area (Å²) >= 11 is 3.29. The van der Waals surface area contributed by atoms with Gasteiger partial charge in [0.25, 0.3) is 0 Å². The third-order valence-corrected chi connectivity index (χ3v) is 6.33. The van der Waals surface area contributed by atoms with Crippen molar-refractivity contribution >= 4 is 29.0 Å². The van der Waals surface area contributed by atoms with E-state index in [4.69, 9.17) is 0 Å². The first-order chi connectivity index (χ1) is 11.7. The zero-order valence-electron chi connectivity index (χ0n) is 14.1. The molecule has 130 valence electrons. The van der Waals surface area contributed by atoms with Crippen LogP contribution in [-0.2, 0) is 17.8 Å². The Morgan fingerprint density at radius 1 is 1.33 bits per heavy atom. The van der Waals surface area contributed by atoms with Crippen molar-refractivity contribution in [2.45, 2.75) is 56.0 Å². The minimum atomic E-state index is -0.118. The number of nitrogens with zero attached hydrogens (tertiary/aromatic N) is 4. The summed E-state index contributed by atoms with van der Waals surface area (Å²) in [6.45, 7) is 4.63. The number of thioether (sulfide) groups is 1. The SMILES string of the molecule is CC(Sc1nncn1CCc1cccs1)C(=O)N1CCCCCC1. The van der Waals surface area contributed by atoms with Crippen molar-refractivity contribution in [3.8, 4) is 0 Å². The molecule has 2 aromatic rings. The predicted octanol–water partition coefficient (Wildman–Crippen LogP) is 3.47. The summed E-state index contributed by atoms with van der Waals surface area (Å²) in [7, 11) is 0. The van der Waals surface area contributed by atoms with Crippen LogP contribution in [0.25, 0.3) is 0 Å². The third-order valence-electron chi connectivity index (χ3n) is 4.31. The number of thiophene rings is 1. The molecule has 0 saturated carbocycles. The molecule has 3 heterocycles. The zero-order chi connectivity index (χ0) is 16.8. The molecule has 0 radical (unpaired) electrons.